The fourth-order valence-electron chi connectivity index (χ4n) is 2.00. The maximum absolute atomic E-state index is 12.5. The van der Waals surface area contributed by atoms with Gasteiger partial charge in [0.25, 0.3) is 5.91 Å². The number of amides is 1. The summed E-state index contributed by atoms with van der Waals surface area (Å²) in [6.45, 7) is 7.93. The van der Waals surface area contributed by atoms with Crippen LogP contribution in [0.4, 0.5) is 0 Å². The summed E-state index contributed by atoms with van der Waals surface area (Å²) in [7, 11) is 0. The molecule has 0 aliphatic rings. The molecule has 0 spiro atoms. The molecule has 2 rings (SSSR count). The van der Waals surface area contributed by atoms with E-state index < -0.39 is 0 Å². The highest BCUT2D eigenvalue weighted by Gasteiger charge is 2.20. The minimum Gasteiger partial charge on any atom is -0.359 e. The minimum absolute atomic E-state index is 0.196. The Kier molecular flexibility index (Phi) is 5.20. The number of hydrogen-bond donors (Lipinski definition) is 3. The highest BCUT2D eigenvalue weighted by atomic mass is 32.1. The van der Waals surface area contributed by atoms with Gasteiger partial charge in [0.05, 0.1) is 5.56 Å². The van der Waals surface area contributed by atoms with Crippen molar-refractivity contribution in [3.8, 4) is 5.00 Å². The van der Waals surface area contributed by atoms with Gasteiger partial charge in [0.2, 0.25) is 0 Å². The Balaban J connectivity index is 2.18. The molecule has 0 radical (unpaired) electrons. The lowest BCUT2D eigenvalue weighted by Crippen LogP contribution is -2.48. The molecule has 0 atom stereocenters. The zero-order valence-corrected chi connectivity index (χ0v) is 14.7. The van der Waals surface area contributed by atoms with E-state index in [4.69, 9.17) is 12.2 Å². The molecule has 2 aromatic heterocycles. The smallest absolute Gasteiger partial charge is 0.272 e. The number of carbonyl (C=O) groups is 1. The SMILES string of the molecule is Cc1sc(-n2cccc2)c(C(=O)NNC(=S)NC(C)C)c1C. The molecule has 2 heterocycles. The number of nitrogens with one attached hydrogen (secondary N) is 3. The summed E-state index contributed by atoms with van der Waals surface area (Å²) in [6.07, 6.45) is 3.86. The van der Waals surface area contributed by atoms with Crippen LogP contribution in [0.2, 0.25) is 0 Å². The third kappa shape index (κ3) is 3.66. The van der Waals surface area contributed by atoms with Crippen molar-refractivity contribution in [2.24, 2.45) is 0 Å². The molecule has 22 heavy (non-hydrogen) atoms. The average Bonchev–Trinajstić information content (AvgIpc) is 3.05. The second-order valence-electron chi connectivity index (χ2n) is 5.26. The van der Waals surface area contributed by atoms with E-state index in [1.807, 2.05) is 56.8 Å². The van der Waals surface area contributed by atoms with Crippen molar-refractivity contribution in [3.05, 3.63) is 40.5 Å². The Morgan fingerprint density at radius 2 is 1.86 bits per heavy atom. The van der Waals surface area contributed by atoms with Crippen LogP contribution in [-0.4, -0.2) is 21.6 Å². The Morgan fingerprint density at radius 3 is 2.45 bits per heavy atom. The molecule has 1 amide bonds. The van der Waals surface area contributed by atoms with Gasteiger partial charge in [-0.2, -0.15) is 0 Å². The van der Waals surface area contributed by atoms with E-state index in [1.165, 1.54) is 0 Å². The van der Waals surface area contributed by atoms with Crippen LogP contribution in [0.1, 0.15) is 34.6 Å². The molecule has 0 bridgehead atoms. The molecular weight excluding hydrogens is 316 g/mol. The predicted octanol–water partition coefficient (Wildman–Crippen LogP) is 2.67. The van der Waals surface area contributed by atoms with Crippen LogP contribution in [0.15, 0.2) is 24.5 Å². The summed E-state index contributed by atoms with van der Waals surface area (Å²) < 4.78 is 1.95. The quantitative estimate of drug-likeness (QED) is 0.596. The Morgan fingerprint density at radius 1 is 1.23 bits per heavy atom. The molecule has 0 unspecified atom stereocenters. The molecule has 0 saturated carbocycles. The van der Waals surface area contributed by atoms with Crippen molar-refractivity contribution in [2.45, 2.75) is 33.7 Å². The maximum atomic E-state index is 12.5. The van der Waals surface area contributed by atoms with Crippen LogP contribution in [0.25, 0.3) is 5.00 Å². The second kappa shape index (κ2) is 6.93. The Hall–Kier alpha value is -1.86. The van der Waals surface area contributed by atoms with E-state index in [1.54, 1.807) is 11.3 Å². The summed E-state index contributed by atoms with van der Waals surface area (Å²) in [4.78, 5) is 13.6. The first-order chi connectivity index (χ1) is 10.4. The number of hydrazine groups is 1. The highest BCUT2D eigenvalue weighted by Crippen LogP contribution is 2.30. The van der Waals surface area contributed by atoms with Gasteiger partial charge in [-0.3, -0.25) is 15.6 Å². The molecule has 0 aliphatic carbocycles. The third-order valence-corrected chi connectivity index (χ3v) is 4.58. The van der Waals surface area contributed by atoms with Crippen LogP contribution in [-0.2, 0) is 0 Å². The fraction of sp³-hybridized carbons (Fsp3) is 0.333. The number of aromatic nitrogens is 1. The van der Waals surface area contributed by atoms with Gasteiger partial charge in [-0.1, -0.05) is 0 Å². The van der Waals surface area contributed by atoms with Gasteiger partial charge in [0.1, 0.15) is 5.00 Å². The average molecular weight is 336 g/mol. The molecule has 0 aliphatic heterocycles. The van der Waals surface area contributed by atoms with Gasteiger partial charge >= 0.3 is 0 Å². The van der Waals surface area contributed by atoms with Crippen molar-refractivity contribution >= 4 is 34.6 Å². The largest absolute Gasteiger partial charge is 0.359 e. The van der Waals surface area contributed by atoms with Crippen molar-refractivity contribution < 1.29 is 4.79 Å². The van der Waals surface area contributed by atoms with Crippen molar-refractivity contribution in [1.29, 1.82) is 0 Å². The van der Waals surface area contributed by atoms with Crippen LogP contribution < -0.4 is 16.2 Å². The van der Waals surface area contributed by atoms with E-state index in [9.17, 15) is 4.79 Å². The Labute approximate surface area is 139 Å². The molecule has 0 aromatic carbocycles. The first kappa shape index (κ1) is 16.5. The highest BCUT2D eigenvalue weighted by molar-refractivity contribution is 7.80. The molecule has 0 fully saturated rings. The zero-order chi connectivity index (χ0) is 16.3. The van der Waals surface area contributed by atoms with Crippen molar-refractivity contribution in [1.82, 2.24) is 20.7 Å². The van der Waals surface area contributed by atoms with Gasteiger partial charge in [-0.05, 0) is 57.6 Å². The minimum atomic E-state index is -0.196. The molecule has 5 nitrogen and oxygen atoms in total. The number of hydrogen-bond acceptors (Lipinski definition) is 3. The summed E-state index contributed by atoms with van der Waals surface area (Å²) in [5, 5.41) is 4.32. The lowest BCUT2D eigenvalue weighted by atomic mass is 10.1. The van der Waals surface area contributed by atoms with Crippen LogP contribution >= 0.6 is 23.6 Å². The monoisotopic (exact) mass is 336 g/mol. The number of aryl methyl sites for hydroxylation is 1. The topological polar surface area (TPSA) is 58.1 Å². The maximum Gasteiger partial charge on any atom is 0.272 e. The number of rotatable bonds is 3. The van der Waals surface area contributed by atoms with Gasteiger partial charge in [-0.15, -0.1) is 11.3 Å². The van der Waals surface area contributed by atoms with Crippen molar-refractivity contribution in [3.63, 3.8) is 0 Å². The van der Waals surface area contributed by atoms with Gasteiger partial charge in [0.15, 0.2) is 5.11 Å². The van der Waals surface area contributed by atoms with Crippen LogP contribution in [0.3, 0.4) is 0 Å². The summed E-state index contributed by atoms with van der Waals surface area (Å²) in [5.41, 5.74) is 7.05. The van der Waals surface area contributed by atoms with Gasteiger partial charge < -0.3 is 9.88 Å². The van der Waals surface area contributed by atoms with E-state index in [0.29, 0.717) is 10.7 Å². The number of carbonyl (C=O) groups excluding carboxylic acids is 1. The van der Waals surface area contributed by atoms with Gasteiger partial charge in [-0.25, -0.2) is 0 Å². The summed E-state index contributed by atoms with van der Waals surface area (Å²) in [5.74, 6) is -0.196. The zero-order valence-electron chi connectivity index (χ0n) is 13.1. The molecule has 7 heteroatoms. The summed E-state index contributed by atoms with van der Waals surface area (Å²) in [6, 6.07) is 4.08. The number of thiocarbonyl (C=S) groups is 1. The standard InChI is InChI=1S/C15H20N4OS2/c1-9(2)16-15(21)18-17-13(20)12-10(3)11(4)22-14(12)19-7-5-6-8-19/h5-9H,1-4H3,(H,17,20)(H2,16,18,21). The number of nitrogens with zero attached hydrogens (tertiary/aromatic N) is 1. The van der Waals surface area contributed by atoms with Crippen LogP contribution in [0, 0.1) is 13.8 Å². The molecule has 0 saturated heterocycles. The molecule has 118 valence electrons. The fourth-order valence-corrected chi connectivity index (χ4v) is 3.41. The van der Waals surface area contributed by atoms with Crippen molar-refractivity contribution in [2.75, 3.05) is 0 Å². The van der Waals surface area contributed by atoms with E-state index in [2.05, 4.69) is 16.2 Å². The predicted molar refractivity (Wildman–Crippen MR) is 94.6 cm³/mol. The summed E-state index contributed by atoms with van der Waals surface area (Å²) >= 11 is 6.71. The van der Waals surface area contributed by atoms with E-state index in [0.717, 1.165) is 15.4 Å². The number of thiophene rings is 1. The lowest BCUT2D eigenvalue weighted by molar-refractivity contribution is 0.0943. The first-order valence-electron chi connectivity index (χ1n) is 7.00. The van der Waals surface area contributed by atoms with Crippen LogP contribution in [0.5, 0.6) is 0 Å². The van der Waals surface area contributed by atoms with E-state index >= 15 is 0 Å². The second-order valence-corrected chi connectivity index (χ2v) is 6.87. The molecule has 3 N–H and O–H groups in total. The van der Waals surface area contributed by atoms with Gasteiger partial charge in [0, 0.05) is 23.3 Å². The normalized spacial score (nSPS) is 10.6. The molecular formula is C15H20N4OS2. The Bertz CT molecular complexity index is 674. The van der Waals surface area contributed by atoms with E-state index in [-0.39, 0.29) is 11.9 Å². The third-order valence-electron chi connectivity index (χ3n) is 3.14. The lowest BCUT2D eigenvalue weighted by Gasteiger charge is -2.14. The molecule has 2 aromatic rings. The first-order valence-corrected chi connectivity index (χ1v) is 8.22.